The van der Waals surface area contributed by atoms with Crippen LogP contribution in [0.4, 0.5) is 5.69 Å². The average Bonchev–Trinajstić information content (AvgIpc) is 2.72. The Bertz CT molecular complexity index is 1200. The SMILES string of the molecule is C=CC(=O)Nc1ccc(Oc2c(C)cc(C)cc2C)c(-c2cn(C)c(=O)cc2OC)c1. The van der Waals surface area contributed by atoms with Crippen LogP contribution >= 0.6 is 0 Å². The van der Waals surface area contributed by atoms with Crippen LogP contribution in [0.3, 0.4) is 0 Å². The predicted molar refractivity (Wildman–Crippen MR) is 123 cm³/mol. The molecule has 0 bridgehead atoms. The van der Waals surface area contributed by atoms with E-state index in [0.717, 1.165) is 22.4 Å². The third kappa shape index (κ3) is 4.69. The molecular weight excluding hydrogens is 392 g/mol. The monoisotopic (exact) mass is 418 g/mol. The minimum absolute atomic E-state index is 0.190. The van der Waals surface area contributed by atoms with E-state index in [-0.39, 0.29) is 11.5 Å². The van der Waals surface area contributed by atoms with E-state index in [1.807, 2.05) is 20.8 Å². The molecule has 3 rings (SSSR count). The maximum absolute atomic E-state index is 12.1. The number of carbonyl (C=O) groups is 1. The Balaban J connectivity index is 2.21. The zero-order chi connectivity index (χ0) is 22.7. The van der Waals surface area contributed by atoms with Crippen molar-refractivity contribution in [2.45, 2.75) is 20.8 Å². The standard InChI is InChI=1S/C25H26N2O4/c1-7-23(28)26-18-8-9-21(31-25-16(3)10-15(2)11-17(25)4)19(12-18)20-14-27(5)24(29)13-22(20)30-6/h7-14H,1H2,2-6H3,(H,26,28). The number of nitrogens with one attached hydrogen (secondary N) is 1. The number of amides is 1. The van der Waals surface area contributed by atoms with Crippen molar-refractivity contribution in [3.63, 3.8) is 0 Å². The van der Waals surface area contributed by atoms with E-state index >= 15 is 0 Å². The number of ether oxygens (including phenoxy) is 2. The van der Waals surface area contributed by atoms with Gasteiger partial charge in [0.15, 0.2) is 0 Å². The van der Waals surface area contributed by atoms with Gasteiger partial charge in [-0.05, 0) is 56.2 Å². The number of methoxy groups -OCH3 is 1. The summed E-state index contributed by atoms with van der Waals surface area (Å²) in [5.41, 5.74) is 4.90. The lowest BCUT2D eigenvalue weighted by Crippen LogP contribution is -2.15. The first-order chi connectivity index (χ1) is 14.7. The van der Waals surface area contributed by atoms with Crippen molar-refractivity contribution in [1.82, 2.24) is 4.57 Å². The second-order valence-corrected chi connectivity index (χ2v) is 7.44. The molecule has 0 saturated carbocycles. The number of benzene rings is 2. The van der Waals surface area contributed by atoms with Crippen molar-refractivity contribution in [3.05, 3.63) is 82.3 Å². The Morgan fingerprint density at radius 3 is 2.32 bits per heavy atom. The zero-order valence-electron chi connectivity index (χ0n) is 18.4. The summed E-state index contributed by atoms with van der Waals surface area (Å²) in [6, 6.07) is 10.9. The molecule has 0 unspecified atom stereocenters. The molecule has 0 atom stereocenters. The maximum Gasteiger partial charge on any atom is 0.254 e. The van der Waals surface area contributed by atoms with Crippen LogP contribution in [0.15, 0.2) is 60.0 Å². The highest BCUT2D eigenvalue weighted by Crippen LogP contribution is 2.40. The van der Waals surface area contributed by atoms with E-state index < -0.39 is 0 Å². The minimum atomic E-state index is -0.322. The summed E-state index contributed by atoms with van der Waals surface area (Å²) in [5.74, 6) is 1.43. The first kappa shape index (κ1) is 21.9. The van der Waals surface area contributed by atoms with E-state index in [4.69, 9.17) is 9.47 Å². The number of aryl methyl sites for hydroxylation is 4. The van der Waals surface area contributed by atoms with Gasteiger partial charge >= 0.3 is 0 Å². The zero-order valence-corrected chi connectivity index (χ0v) is 18.4. The van der Waals surface area contributed by atoms with Gasteiger partial charge in [0.2, 0.25) is 5.91 Å². The minimum Gasteiger partial charge on any atom is -0.496 e. The molecule has 1 aromatic heterocycles. The predicted octanol–water partition coefficient (Wildman–Crippen LogP) is 4.90. The summed E-state index contributed by atoms with van der Waals surface area (Å²) in [4.78, 5) is 23.9. The molecule has 1 N–H and O–H groups in total. The summed E-state index contributed by atoms with van der Waals surface area (Å²) in [6.45, 7) is 9.54. The molecule has 6 heteroatoms. The van der Waals surface area contributed by atoms with Gasteiger partial charge in [-0.15, -0.1) is 0 Å². The number of nitrogens with zero attached hydrogens (tertiary/aromatic N) is 1. The molecule has 6 nitrogen and oxygen atoms in total. The van der Waals surface area contributed by atoms with Crippen molar-refractivity contribution < 1.29 is 14.3 Å². The molecule has 0 fully saturated rings. The van der Waals surface area contributed by atoms with Crippen molar-refractivity contribution in [2.24, 2.45) is 7.05 Å². The lowest BCUT2D eigenvalue weighted by molar-refractivity contribution is -0.111. The second-order valence-electron chi connectivity index (χ2n) is 7.44. The van der Waals surface area contributed by atoms with E-state index in [0.29, 0.717) is 28.3 Å². The lowest BCUT2D eigenvalue weighted by Gasteiger charge is -2.18. The topological polar surface area (TPSA) is 69.6 Å². The van der Waals surface area contributed by atoms with Gasteiger partial charge in [-0.1, -0.05) is 24.3 Å². The van der Waals surface area contributed by atoms with Crippen molar-refractivity contribution in [1.29, 1.82) is 0 Å². The Hall–Kier alpha value is -3.80. The summed E-state index contributed by atoms with van der Waals surface area (Å²) >= 11 is 0. The van der Waals surface area contributed by atoms with Crippen LogP contribution in [-0.2, 0) is 11.8 Å². The van der Waals surface area contributed by atoms with Gasteiger partial charge in [0, 0.05) is 36.1 Å². The normalized spacial score (nSPS) is 10.5. The smallest absolute Gasteiger partial charge is 0.254 e. The molecule has 0 spiro atoms. The van der Waals surface area contributed by atoms with Crippen molar-refractivity contribution in [2.75, 3.05) is 12.4 Å². The number of pyridine rings is 1. The molecule has 0 aliphatic heterocycles. The molecule has 2 aromatic carbocycles. The lowest BCUT2D eigenvalue weighted by atomic mass is 10.0. The number of aromatic nitrogens is 1. The summed E-state index contributed by atoms with van der Waals surface area (Å²) in [5, 5.41) is 2.76. The fourth-order valence-corrected chi connectivity index (χ4v) is 3.52. The van der Waals surface area contributed by atoms with Gasteiger partial charge in [-0.25, -0.2) is 0 Å². The molecule has 0 saturated heterocycles. The molecule has 3 aromatic rings. The number of rotatable bonds is 6. The third-order valence-corrected chi connectivity index (χ3v) is 4.95. The van der Waals surface area contributed by atoms with Gasteiger partial charge in [-0.2, -0.15) is 0 Å². The van der Waals surface area contributed by atoms with E-state index in [1.54, 1.807) is 31.4 Å². The van der Waals surface area contributed by atoms with Crippen LogP contribution in [-0.4, -0.2) is 17.6 Å². The fourth-order valence-electron chi connectivity index (χ4n) is 3.52. The fraction of sp³-hybridized carbons (Fsp3) is 0.200. The van der Waals surface area contributed by atoms with Crippen LogP contribution in [0.1, 0.15) is 16.7 Å². The van der Waals surface area contributed by atoms with E-state index in [9.17, 15) is 9.59 Å². The van der Waals surface area contributed by atoms with Crippen LogP contribution in [0.2, 0.25) is 0 Å². The molecular formula is C25H26N2O4. The van der Waals surface area contributed by atoms with Gasteiger partial charge < -0.3 is 19.4 Å². The largest absolute Gasteiger partial charge is 0.496 e. The molecule has 0 aliphatic rings. The van der Waals surface area contributed by atoms with Gasteiger partial charge in [0.1, 0.15) is 17.2 Å². The van der Waals surface area contributed by atoms with E-state index in [1.165, 1.54) is 23.8 Å². The summed E-state index contributed by atoms with van der Waals surface area (Å²) < 4.78 is 13.3. The molecule has 1 heterocycles. The molecule has 0 radical (unpaired) electrons. The first-order valence-corrected chi connectivity index (χ1v) is 9.81. The molecule has 160 valence electrons. The second kappa shape index (κ2) is 8.92. The summed E-state index contributed by atoms with van der Waals surface area (Å²) in [6.07, 6.45) is 2.90. The molecule has 0 aliphatic carbocycles. The Morgan fingerprint density at radius 1 is 1.03 bits per heavy atom. The van der Waals surface area contributed by atoms with Crippen LogP contribution in [0.25, 0.3) is 11.1 Å². The highest BCUT2D eigenvalue weighted by atomic mass is 16.5. The summed E-state index contributed by atoms with van der Waals surface area (Å²) in [7, 11) is 3.18. The Morgan fingerprint density at radius 2 is 1.71 bits per heavy atom. The van der Waals surface area contributed by atoms with Gasteiger partial charge in [0.25, 0.3) is 5.56 Å². The highest BCUT2D eigenvalue weighted by Gasteiger charge is 2.17. The number of carbonyl (C=O) groups excluding carboxylic acids is 1. The highest BCUT2D eigenvalue weighted by molar-refractivity contribution is 5.99. The number of hydrogen-bond donors (Lipinski definition) is 1. The average molecular weight is 418 g/mol. The maximum atomic E-state index is 12.1. The van der Waals surface area contributed by atoms with Crippen LogP contribution in [0, 0.1) is 20.8 Å². The van der Waals surface area contributed by atoms with Gasteiger partial charge in [0.05, 0.1) is 7.11 Å². The number of anilines is 1. The van der Waals surface area contributed by atoms with Crippen molar-refractivity contribution in [3.8, 4) is 28.4 Å². The van der Waals surface area contributed by atoms with Crippen LogP contribution in [0.5, 0.6) is 17.2 Å². The first-order valence-electron chi connectivity index (χ1n) is 9.81. The Labute approximate surface area is 181 Å². The third-order valence-electron chi connectivity index (χ3n) is 4.95. The Kier molecular flexibility index (Phi) is 6.30. The van der Waals surface area contributed by atoms with Gasteiger partial charge in [-0.3, -0.25) is 9.59 Å². The van der Waals surface area contributed by atoms with Crippen LogP contribution < -0.4 is 20.3 Å². The van der Waals surface area contributed by atoms with E-state index in [2.05, 4.69) is 24.0 Å². The quantitative estimate of drug-likeness (QED) is 0.578. The van der Waals surface area contributed by atoms with Crippen molar-refractivity contribution >= 4 is 11.6 Å². The molecule has 1 amide bonds. The molecule has 31 heavy (non-hydrogen) atoms. The number of hydrogen-bond acceptors (Lipinski definition) is 4.